The molecule has 0 saturated carbocycles. The maximum Gasteiger partial charge on any atom is 0.237 e. The zero-order valence-electron chi connectivity index (χ0n) is 42.4. The first-order valence-corrected chi connectivity index (χ1v) is 24.0. The number of benzene rings is 2. The highest BCUT2D eigenvalue weighted by molar-refractivity contribution is 5.85. The number of carbonyl (C=O) groups is 2. The van der Waals surface area contributed by atoms with Gasteiger partial charge in [-0.25, -0.2) is 29.9 Å². The molecule has 74 heavy (non-hydrogen) atoms. The molecule has 6 aromatic rings. The van der Waals surface area contributed by atoms with Crippen molar-refractivity contribution in [1.29, 1.82) is 0 Å². The van der Waals surface area contributed by atoms with Crippen LogP contribution in [-0.2, 0) is 31.9 Å². The molecule has 2 aliphatic heterocycles. The summed E-state index contributed by atoms with van der Waals surface area (Å²) in [4.78, 5) is 55.7. The number of terminal acetylenes is 1. The van der Waals surface area contributed by atoms with Crippen LogP contribution in [0.2, 0.25) is 0 Å². The summed E-state index contributed by atoms with van der Waals surface area (Å²) < 4.78 is 26.1. The zero-order chi connectivity index (χ0) is 53.5. The standard InChI is InChI=1S/C25H35N7O5.C25H31N7O5/c2*1-5-10-36-16-8-6-15(7-9-16)11-17(26)23(35)30-25(2)18(12-33)37-24(20(25)34)32-14-29-19-21(31(3)4)27-13-28-22(19)32/h6-9,13-14,17-18,20,24,33-34H,5,10-12,26H2,1-4H3,(H,30,35);1,6-9,13-14,17-18,20,24,33-34H,10-12,26H2,2-4H3,(H,30,35)/t2*17-,18+,20+,24+,25?/m00/s1. The second-order valence-corrected chi connectivity index (χ2v) is 18.9. The fraction of sp³-hybridized carbons (Fsp3) is 0.480. The molecule has 0 radical (unpaired) electrons. The number of aliphatic hydroxyl groups is 4. The Morgan fingerprint density at radius 1 is 0.716 bits per heavy atom. The molecule has 0 spiro atoms. The van der Waals surface area contributed by atoms with E-state index < -0.39 is 85.1 Å². The highest BCUT2D eigenvalue weighted by atomic mass is 16.6. The third-order valence-corrected chi connectivity index (χ3v) is 13.1. The van der Waals surface area contributed by atoms with E-state index in [0.29, 0.717) is 46.3 Å². The molecule has 24 heteroatoms. The van der Waals surface area contributed by atoms with Crippen LogP contribution < -0.4 is 41.4 Å². The van der Waals surface area contributed by atoms with E-state index >= 15 is 0 Å². The summed E-state index contributed by atoms with van der Waals surface area (Å²) in [5, 5.41) is 48.4. The van der Waals surface area contributed by atoms with Crippen molar-refractivity contribution in [3.8, 4) is 23.8 Å². The molecule has 10 atom stereocenters. The number of amides is 2. The lowest BCUT2D eigenvalue weighted by molar-refractivity contribution is -0.127. The van der Waals surface area contributed by atoms with E-state index in [0.717, 1.165) is 23.3 Å². The lowest BCUT2D eigenvalue weighted by Crippen LogP contribution is -2.62. The fourth-order valence-corrected chi connectivity index (χ4v) is 8.86. The van der Waals surface area contributed by atoms with E-state index in [1.54, 1.807) is 57.0 Å². The lowest BCUT2D eigenvalue weighted by atomic mass is 9.89. The van der Waals surface area contributed by atoms with Crippen LogP contribution in [0, 0.1) is 12.3 Å². The van der Waals surface area contributed by atoms with Crippen molar-refractivity contribution < 1.29 is 49.0 Å². The Labute approximate surface area is 428 Å². The number of ether oxygens (including phenoxy) is 4. The van der Waals surface area contributed by atoms with Crippen LogP contribution in [0.3, 0.4) is 0 Å². The topological polar surface area (TPSA) is 322 Å². The van der Waals surface area contributed by atoms with Gasteiger partial charge in [-0.3, -0.25) is 18.7 Å². The summed E-state index contributed by atoms with van der Waals surface area (Å²) in [7, 11) is 7.35. The molecule has 2 aromatic carbocycles. The van der Waals surface area contributed by atoms with Crippen LogP contribution in [0.4, 0.5) is 11.6 Å². The molecule has 6 heterocycles. The second kappa shape index (κ2) is 23.4. The first kappa shape index (κ1) is 54.7. The number of nitrogens with zero attached hydrogens (tertiary/aromatic N) is 10. The Hall–Kier alpha value is -7.08. The molecule has 396 valence electrons. The largest absolute Gasteiger partial charge is 0.494 e. The number of hydrogen-bond donors (Lipinski definition) is 8. The predicted octanol–water partition coefficient (Wildman–Crippen LogP) is -0.0236. The van der Waals surface area contributed by atoms with Gasteiger partial charge in [-0.05, 0) is 68.5 Å². The molecule has 4 aromatic heterocycles. The van der Waals surface area contributed by atoms with Crippen molar-refractivity contribution >= 4 is 45.8 Å². The zero-order valence-corrected chi connectivity index (χ0v) is 42.4. The van der Waals surface area contributed by atoms with Crippen molar-refractivity contribution in [2.24, 2.45) is 11.5 Å². The highest BCUT2D eigenvalue weighted by Crippen LogP contribution is 2.40. The average Bonchev–Trinajstić information content (AvgIpc) is 4.14. The maximum atomic E-state index is 13.1. The molecule has 8 rings (SSSR count). The van der Waals surface area contributed by atoms with Gasteiger partial charge in [-0.15, -0.1) is 6.42 Å². The summed E-state index contributed by atoms with van der Waals surface area (Å²) in [6.07, 6.45) is 6.24. The van der Waals surface area contributed by atoms with E-state index in [-0.39, 0.29) is 19.4 Å². The quantitative estimate of drug-likeness (QED) is 0.0494. The molecule has 2 unspecified atom stereocenters. The van der Waals surface area contributed by atoms with Crippen molar-refractivity contribution in [3.05, 3.63) is 85.0 Å². The first-order valence-electron chi connectivity index (χ1n) is 24.0. The van der Waals surface area contributed by atoms with Gasteiger partial charge in [0, 0.05) is 28.2 Å². The Morgan fingerprint density at radius 2 is 1.12 bits per heavy atom. The summed E-state index contributed by atoms with van der Waals surface area (Å²) in [5.41, 5.74) is 13.4. The minimum atomic E-state index is -1.34. The minimum absolute atomic E-state index is 0.163. The van der Waals surface area contributed by atoms with Gasteiger partial charge in [0.2, 0.25) is 11.8 Å². The van der Waals surface area contributed by atoms with Crippen LogP contribution >= 0.6 is 0 Å². The molecule has 10 N–H and O–H groups in total. The molecule has 2 aliphatic rings. The predicted molar refractivity (Wildman–Crippen MR) is 273 cm³/mol. The van der Waals surface area contributed by atoms with Crippen LogP contribution in [0.25, 0.3) is 22.3 Å². The number of hydrogen-bond acceptors (Lipinski definition) is 20. The molecule has 2 saturated heterocycles. The maximum absolute atomic E-state index is 13.1. The number of aliphatic hydroxyl groups excluding tert-OH is 4. The number of imidazole rings is 2. The third-order valence-electron chi connectivity index (χ3n) is 13.1. The van der Waals surface area contributed by atoms with Gasteiger partial charge in [-0.2, -0.15) is 0 Å². The van der Waals surface area contributed by atoms with Gasteiger partial charge in [0.05, 0.1) is 55.6 Å². The number of nitrogens with two attached hydrogens (primary N) is 2. The summed E-state index contributed by atoms with van der Waals surface area (Å²) in [6, 6.07) is 12.7. The number of nitrogens with one attached hydrogen (secondary N) is 2. The van der Waals surface area contributed by atoms with Crippen LogP contribution in [0.5, 0.6) is 11.5 Å². The van der Waals surface area contributed by atoms with Gasteiger partial charge < -0.3 is 71.3 Å². The van der Waals surface area contributed by atoms with E-state index in [4.69, 9.17) is 36.8 Å². The van der Waals surface area contributed by atoms with Gasteiger partial charge in [0.1, 0.15) is 55.2 Å². The van der Waals surface area contributed by atoms with Crippen molar-refractivity contribution in [2.75, 3.05) is 64.4 Å². The van der Waals surface area contributed by atoms with E-state index in [2.05, 4.69) is 46.5 Å². The minimum Gasteiger partial charge on any atom is -0.494 e. The van der Waals surface area contributed by atoms with Crippen LogP contribution in [-0.4, -0.2) is 173 Å². The summed E-state index contributed by atoms with van der Waals surface area (Å²) in [5.74, 6) is 4.03. The highest BCUT2D eigenvalue weighted by Gasteiger charge is 2.56. The van der Waals surface area contributed by atoms with Gasteiger partial charge in [0.15, 0.2) is 46.4 Å². The molecule has 2 fully saturated rings. The van der Waals surface area contributed by atoms with Gasteiger partial charge >= 0.3 is 0 Å². The Morgan fingerprint density at radius 3 is 1.49 bits per heavy atom. The van der Waals surface area contributed by atoms with Gasteiger partial charge in [-0.1, -0.05) is 37.1 Å². The Bertz CT molecular complexity index is 2900. The number of aromatic nitrogens is 8. The SMILES string of the molecule is C#CCOc1ccc(C[C@H](N)C(=O)NC2(C)[C@H](O)[C@H](n3cnc4c(N(C)C)ncnc43)O[C@@H]2CO)cc1.CCCOc1ccc(C[C@H](N)C(=O)NC2(C)[C@H](O)[C@H](n3cnc4c(N(C)C)ncnc43)O[C@@H]2CO)cc1. The molecular weight excluding hydrogens is 957 g/mol. The lowest BCUT2D eigenvalue weighted by Gasteiger charge is -2.33. The third kappa shape index (κ3) is 11.3. The molecule has 0 aliphatic carbocycles. The monoisotopic (exact) mass is 1020 g/mol. The summed E-state index contributed by atoms with van der Waals surface area (Å²) in [6.45, 7) is 5.20. The van der Waals surface area contributed by atoms with E-state index in [1.807, 2.05) is 59.4 Å². The normalized spacial score (nSPS) is 24.1. The fourth-order valence-electron chi connectivity index (χ4n) is 8.86. The average molecular weight is 1020 g/mol. The van der Waals surface area contributed by atoms with Crippen LogP contribution in [0.15, 0.2) is 73.8 Å². The second-order valence-electron chi connectivity index (χ2n) is 18.9. The molecule has 2 amide bonds. The van der Waals surface area contributed by atoms with Crippen molar-refractivity contribution in [2.45, 2.75) is 100 Å². The van der Waals surface area contributed by atoms with Crippen LogP contribution in [0.1, 0.15) is 50.8 Å². The Kier molecular flexibility index (Phi) is 17.3. The van der Waals surface area contributed by atoms with E-state index in [1.165, 1.54) is 25.3 Å². The number of fused-ring (bicyclic) bond motifs is 2. The molecule has 0 bridgehead atoms. The number of carbonyl (C=O) groups excluding carboxylic acids is 2. The summed E-state index contributed by atoms with van der Waals surface area (Å²) >= 11 is 0. The molecular formula is C50H66N14O10. The van der Waals surface area contributed by atoms with E-state index in [9.17, 15) is 30.0 Å². The van der Waals surface area contributed by atoms with Gasteiger partial charge in [0.25, 0.3) is 0 Å². The smallest absolute Gasteiger partial charge is 0.237 e. The number of anilines is 2. The van der Waals surface area contributed by atoms with Crippen molar-refractivity contribution in [3.63, 3.8) is 0 Å². The van der Waals surface area contributed by atoms with Crippen molar-refractivity contribution in [1.82, 2.24) is 49.7 Å². The molecule has 24 nitrogen and oxygen atoms in total. The first-order chi connectivity index (χ1) is 35.4. The number of rotatable bonds is 19. The Balaban J connectivity index is 0.000000216.